The summed E-state index contributed by atoms with van der Waals surface area (Å²) in [6, 6.07) is 6.29. The van der Waals surface area contributed by atoms with Gasteiger partial charge in [-0.25, -0.2) is 9.78 Å². The van der Waals surface area contributed by atoms with Crippen molar-refractivity contribution in [3.05, 3.63) is 56.9 Å². The highest BCUT2D eigenvalue weighted by atomic mass is 32.1. The first-order valence-electron chi connectivity index (χ1n) is 9.46. The number of nitrogens with one attached hydrogen (secondary N) is 1. The second-order valence-corrected chi connectivity index (χ2v) is 10.1. The fourth-order valence-corrected chi connectivity index (χ4v) is 6.17. The monoisotopic (exact) mass is 426 g/mol. The van der Waals surface area contributed by atoms with Crippen LogP contribution < -0.4 is 5.32 Å². The molecule has 7 heteroatoms. The molecule has 0 aliphatic heterocycles. The molecule has 0 spiro atoms. The van der Waals surface area contributed by atoms with Crippen molar-refractivity contribution in [1.82, 2.24) is 4.98 Å². The van der Waals surface area contributed by atoms with Gasteiger partial charge in [0.1, 0.15) is 10.0 Å². The molecule has 3 aromatic rings. The Labute approximate surface area is 177 Å². The van der Waals surface area contributed by atoms with Crippen LogP contribution in [0.5, 0.6) is 0 Å². The Morgan fingerprint density at radius 2 is 1.93 bits per heavy atom. The lowest BCUT2D eigenvalue weighted by atomic mass is 9.77. The van der Waals surface area contributed by atoms with E-state index in [4.69, 9.17) is 0 Å². The van der Waals surface area contributed by atoms with Gasteiger partial charge >= 0.3 is 5.97 Å². The smallest absolute Gasteiger partial charge is 0.336 e. The van der Waals surface area contributed by atoms with Crippen LogP contribution in [0.2, 0.25) is 0 Å². The molecule has 2 heterocycles. The summed E-state index contributed by atoms with van der Waals surface area (Å²) in [5, 5.41) is 16.1. The number of carboxylic acids is 1. The van der Waals surface area contributed by atoms with Gasteiger partial charge in [-0.1, -0.05) is 26.0 Å². The van der Waals surface area contributed by atoms with Gasteiger partial charge in [0.05, 0.1) is 11.1 Å². The van der Waals surface area contributed by atoms with Gasteiger partial charge in [0.15, 0.2) is 0 Å². The molecule has 0 saturated carbocycles. The fourth-order valence-electron chi connectivity index (χ4n) is 3.73. The molecule has 2 N–H and O–H groups in total. The van der Waals surface area contributed by atoms with Gasteiger partial charge in [0, 0.05) is 21.5 Å². The maximum Gasteiger partial charge on any atom is 0.336 e. The van der Waals surface area contributed by atoms with E-state index in [-0.39, 0.29) is 16.5 Å². The second-order valence-electron chi connectivity index (χ2n) is 8.15. The molecule has 0 fully saturated rings. The van der Waals surface area contributed by atoms with Crippen molar-refractivity contribution >= 4 is 39.6 Å². The molecule has 29 heavy (non-hydrogen) atoms. The van der Waals surface area contributed by atoms with Crippen LogP contribution in [0.15, 0.2) is 29.6 Å². The normalized spacial score (nSPS) is 15.0. The van der Waals surface area contributed by atoms with Gasteiger partial charge in [-0.3, -0.25) is 4.79 Å². The molecular formula is C22H22N2O3S2. The average molecular weight is 427 g/mol. The van der Waals surface area contributed by atoms with Gasteiger partial charge < -0.3 is 10.4 Å². The van der Waals surface area contributed by atoms with Crippen LogP contribution in [-0.2, 0) is 12.8 Å². The summed E-state index contributed by atoms with van der Waals surface area (Å²) in [6.45, 7) is 6.50. The zero-order valence-electron chi connectivity index (χ0n) is 16.5. The van der Waals surface area contributed by atoms with Crippen LogP contribution in [0.25, 0.3) is 10.6 Å². The molecule has 5 nitrogen and oxygen atoms in total. The molecule has 0 saturated heterocycles. The molecule has 150 valence electrons. The molecule has 0 unspecified atom stereocenters. The van der Waals surface area contributed by atoms with Gasteiger partial charge in [-0.2, -0.15) is 0 Å². The van der Waals surface area contributed by atoms with Crippen LogP contribution in [0, 0.1) is 12.3 Å². The Balaban J connectivity index is 1.77. The lowest BCUT2D eigenvalue weighted by molar-refractivity contribution is 0.0692. The number of aromatic nitrogens is 1. The number of carbonyl (C=O) groups is 2. The van der Waals surface area contributed by atoms with E-state index in [1.807, 2.05) is 12.3 Å². The number of aromatic carboxylic acids is 1. The standard InChI is InChI=1S/C22H22N2O3S2/c1-12-11-28-19(23-12)17-15-8-9-22(2,3)10-16(15)29-20(17)24-18(25)13-6-4-5-7-14(13)21(26)27/h4-7,11H,8-10H2,1-3H3,(H,24,25)(H,26,27). The number of fused-ring (bicyclic) bond motifs is 1. The number of carbonyl (C=O) groups excluding carboxylic acids is 1. The summed E-state index contributed by atoms with van der Waals surface area (Å²) in [4.78, 5) is 30.4. The number of hydrogen-bond donors (Lipinski definition) is 2. The van der Waals surface area contributed by atoms with Crippen LogP contribution in [0.1, 0.15) is 57.1 Å². The van der Waals surface area contributed by atoms with E-state index < -0.39 is 11.9 Å². The fraction of sp³-hybridized carbons (Fsp3) is 0.318. The number of carboxylic acid groups (broad SMARTS) is 1. The largest absolute Gasteiger partial charge is 0.478 e. The minimum atomic E-state index is -1.11. The summed E-state index contributed by atoms with van der Waals surface area (Å²) in [5.74, 6) is -1.52. The number of thiazole rings is 1. The van der Waals surface area contributed by atoms with E-state index in [2.05, 4.69) is 24.1 Å². The number of hydrogen-bond acceptors (Lipinski definition) is 5. The second kappa shape index (κ2) is 7.39. The zero-order valence-corrected chi connectivity index (χ0v) is 18.2. The highest BCUT2D eigenvalue weighted by Gasteiger charge is 2.32. The number of amides is 1. The lowest BCUT2D eigenvalue weighted by Crippen LogP contribution is -2.20. The van der Waals surface area contributed by atoms with Crippen molar-refractivity contribution in [1.29, 1.82) is 0 Å². The molecule has 1 aliphatic carbocycles. The first-order chi connectivity index (χ1) is 13.7. The maximum atomic E-state index is 13.0. The van der Waals surface area contributed by atoms with E-state index in [1.54, 1.807) is 40.9 Å². The molecule has 0 atom stereocenters. The van der Waals surface area contributed by atoms with E-state index in [0.717, 1.165) is 40.5 Å². The highest BCUT2D eigenvalue weighted by Crippen LogP contribution is 2.48. The quantitative estimate of drug-likeness (QED) is 0.565. The van der Waals surface area contributed by atoms with E-state index in [0.29, 0.717) is 0 Å². The third kappa shape index (κ3) is 3.84. The Morgan fingerprint density at radius 1 is 1.21 bits per heavy atom. The van der Waals surface area contributed by atoms with Crippen molar-refractivity contribution in [3.8, 4) is 10.6 Å². The zero-order chi connectivity index (χ0) is 20.8. The minimum Gasteiger partial charge on any atom is -0.478 e. The Hall–Kier alpha value is -2.51. The topological polar surface area (TPSA) is 79.3 Å². The molecular weight excluding hydrogens is 404 g/mol. The van der Waals surface area contributed by atoms with Crippen LogP contribution in [0.3, 0.4) is 0 Å². The number of thiophene rings is 1. The molecule has 1 aromatic carbocycles. The van der Waals surface area contributed by atoms with Crippen molar-refractivity contribution < 1.29 is 14.7 Å². The van der Waals surface area contributed by atoms with Crippen molar-refractivity contribution in [3.63, 3.8) is 0 Å². The third-order valence-electron chi connectivity index (χ3n) is 5.24. The van der Waals surface area contributed by atoms with E-state index in [1.165, 1.54) is 16.5 Å². The molecule has 0 bridgehead atoms. The minimum absolute atomic E-state index is 0.000837. The average Bonchev–Trinajstić information content (AvgIpc) is 3.23. The van der Waals surface area contributed by atoms with Crippen molar-refractivity contribution in [2.24, 2.45) is 5.41 Å². The summed E-state index contributed by atoms with van der Waals surface area (Å²) < 4.78 is 0. The predicted molar refractivity (Wildman–Crippen MR) is 117 cm³/mol. The Kier molecular flexibility index (Phi) is 5.04. The molecule has 4 rings (SSSR count). The summed E-state index contributed by atoms with van der Waals surface area (Å²) >= 11 is 3.17. The maximum absolute atomic E-state index is 13.0. The summed E-state index contributed by atoms with van der Waals surface area (Å²) in [6.07, 6.45) is 3.00. The van der Waals surface area contributed by atoms with E-state index in [9.17, 15) is 14.7 Å². The van der Waals surface area contributed by atoms with Crippen molar-refractivity contribution in [2.75, 3.05) is 5.32 Å². The van der Waals surface area contributed by atoms with Gasteiger partial charge in [0.2, 0.25) is 0 Å². The highest BCUT2D eigenvalue weighted by molar-refractivity contribution is 7.18. The predicted octanol–water partition coefficient (Wildman–Crippen LogP) is 5.65. The molecule has 1 amide bonds. The number of rotatable bonds is 4. The summed E-state index contributed by atoms with van der Waals surface area (Å²) in [5.41, 5.74) is 3.61. The number of benzene rings is 1. The first-order valence-corrected chi connectivity index (χ1v) is 11.2. The van der Waals surface area contributed by atoms with Crippen LogP contribution >= 0.6 is 22.7 Å². The van der Waals surface area contributed by atoms with Gasteiger partial charge in [-0.05, 0) is 49.3 Å². The van der Waals surface area contributed by atoms with Crippen molar-refractivity contribution in [2.45, 2.75) is 40.0 Å². The van der Waals surface area contributed by atoms with Crippen LogP contribution in [0.4, 0.5) is 5.00 Å². The lowest BCUT2D eigenvalue weighted by Gasteiger charge is -2.29. The first kappa shape index (κ1) is 19.8. The number of nitrogens with zero attached hydrogens (tertiary/aromatic N) is 1. The summed E-state index contributed by atoms with van der Waals surface area (Å²) in [7, 11) is 0. The number of aryl methyl sites for hydroxylation is 1. The van der Waals surface area contributed by atoms with E-state index >= 15 is 0 Å². The number of anilines is 1. The Morgan fingerprint density at radius 3 is 2.59 bits per heavy atom. The Bertz CT molecular complexity index is 1110. The SMILES string of the molecule is Cc1csc(-c2c(NC(=O)c3ccccc3C(=O)O)sc3c2CCC(C)(C)C3)n1. The third-order valence-corrected chi connectivity index (χ3v) is 7.37. The molecule has 2 aromatic heterocycles. The van der Waals surface area contributed by atoms with Gasteiger partial charge in [-0.15, -0.1) is 22.7 Å². The van der Waals surface area contributed by atoms with Crippen LogP contribution in [-0.4, -0.2) is 22.0 Å². The van der Waals surface area contributed by atoms with Gasteiger partial charge in [0.25, 0.3) is 5.91 Å². The molecule has 1 aliphatic rings. The molecule has 0 radical (unpaired) electrons.